The number of carboxylic acids is 1. The third-order valence-corrected chi connectivity index (χ3v) is 8.48. The number of likely N-dealkylation sites (tertiary alicyclic amines) is 2. The molecule has 3 aromatic heterocycles. The van der Waals surface area contributed by atoms with Crippen LogP contribution >= 0.6 is 22.9 Å². The lowest BCUT2D eigenvalue weighted by atomic mass is 10.0. The first-order chi connectivity index (χ1) is 18.2. The topological polar surface area (TPSA) is 134 Å². The highest BCUT2D eigenvalue weighted by molar-refractivity contribution is 7.16. The number of hydrogen-bond donors (Lipinski definition) is 2. The second-order valence-corrected chi connectivity index (χ2v) is 11.6. The number of aliphatic carboxylic acids is 1. The standard InChI is InChI=1S/C25H29ClN6O5S/c1-14(2)30-9-5-15(6-10-30)27-23(33)17-13-19(24(34)31-11-7-18(31)25(35)36)32(28-17)22(16-8-12-37-29-16)20-3-4-21(26)38-20/h3-4,8,12-15,18,22H,5-7,9-11H2,1-2H3,(H,27,33)(H,35,36)/t18?,22-/m0/s1. The van der Waals surface area contributed by atoms with Gasteiger partial charge in [0.25, 0.3) is 11.8 Å². The predicted molar refractivity (Wildman–Crippen MR) is 140 cm³/mol. The summed E-state index contributed by atoms with van der Waals surface area (Å²) in [5.74, 6) is -1.97. The van der Waals surface area contributed by atoms with Crippen LogP contribution in [0.15, 0.2) is 35.1 Å². The minimum absolute atomic E-state index is 0.00369. The minimum atomic E-state index is -1.07. The van der Waals surface area contributed by atoms with Crippen LogP contribution in [0.1, 0.15) is 70.7 Å². The Hall–Kier alpha value is -3.22. The molecule has 2 atom stereocenters. The first-order valence-corrected chi connectivity index (χ1v) is 13.8. The molecule has 0 spiro atoms. The van der Waals surface area contributed by atoms with E-state index in [9.17, 15) is 19.5 Å². The summed E-state index contributed by atoms with van der Waals surface area (Å²) in [5.41, 5.74) is 0.628. The average molecular weight is 561 g/mol. The van der Waals surface area contributed by atoms with Crippen LogP contribution in [-0.2, 0) is 4.79 Å². The summed E-state index contributed by atoms with van der Waals surface area (Å²) < 4.78 is 7.04. The largest absolute Gasteiger partial charge is 0.480 e. The molecule has 13 heteroatoms. The van der Waals surface area contributed by atoms with Gasteiger partial charge in [-0.25, -0.2) is 9.48 Å². The lowest BCUT2D eigenvalue weighted by Crippen LogP contribution is -2.55. The Labute approximate surface area is 228 Å². The zero-order chi connectivity index (χ0) is 27.0. The van der Waals surface area contributed by atoms with Crippen molar-refractivity contribution in [1.29, 1.82) is 0 Å². The normalized spacial score (nSPS) is 19.4. The van der Waals surface area contributed by atoms with E-state index < -0.39 is 24.0 Å². The number of hydrogen-bond acceptors (Lipinski definition) is 8. The van der Waals surface area contributed by atoms with Gasteiger partial charge < -0.3 is 24.7 Å². The van der Waals surface area contributed by atoms with Crippen molar-refractivity contribution in [3.8, 4) is 0 Å². The minimum Gasteiger partial charge on any atom is -0.480 e. The number of aromatic nitrogens is 3. The van der Waals surface area contributed by atoms with Crippen molar-refractivity contribution in [2.75, 3.05) is 19.6 Å². The van der Waals surface area contributed by atoms with E-state index in [1.54, 1.807) is 18.2 Å². The number of nitrogens with zero attached hydrogens (tertiary/aromatic N) is 5. The van der Waals surface area contributed by atoms with E-state index in [1.165, 1.54) is 33.2 Å². The summed E-state index contributed by atoms with van der Waals surface area (Å²) in [6.07, 6.45) is 3.42. The average Bonchev–Trinajstić information content (AvgIpc) is 3.61. The molecule has 2 N–H and O–H groups in total. The van der Waals surface area contributed by atoms with E-state index in [2.05, 4.69) is 34.3 Å². The third-order valence-electron chi connectivity index (χ3n) is 7.19. The molecular weight excluding hydrogens is 532 g/mol. The van der Waals surface area contributed by atoms with Crippen LogP contribution in [0.5, 0.6) is 0 Å². The van der Waals surface area contributed by atoms with E-state index in [-0.39, 0.29) is 23.3 Å². The Bertz CT molecular complexity index is 1310. The highest BCUT2D eigenvalue weighted by Crippen LogP contribution is 2.35. The fraction of sp³-hybridized carbons (Fsp3) is 0.480. The van der Waals surface area contributed by atoms with Crippen molar-refractivity contribution in [1.82, 2.24) is 30.1 Å². The molecule has 202 valence electrons. The summed E-state index contributed by atoms with van der Waals surface area (Å²) in [4.78, 5) is 42.9. The number of nitrogens with one attached hydrogen (secondary N) is 1. The van der Waals surface area contributed by atoms with E-state index in [4.69, 9.17) is 16.1 Å². The molecule has 0 radical (unpaired) electrons. The number of rotatable bonds is 8. The summed E-state index contributed by atoms with van der Waals surface area (Å²) in [7, 11) is 0. The van der Waals surface area contributed by atoms with Crippen molar-refractivity contribution in [3.63, 3.8) is 0 Å². The fourth-order valence-corrected chi connectivity index (χ4v) is 6.11. The molecule has 3 aromatic rings. The molecule has 11 nitrogen and oxygen atoms in total. The second kappa shape index (κ2) is 10.9. The van der Waals surface area contributed by atoms with Crippen LogP contribution in [0.25, 0.3) is 0 Å². The molecular formula is C25H29ClN6O5S. The zero-order valence-electron chi connectivity index (χ0n) is 21.0. The number of halogens is 1. The van der Waals surface area contributed by atoms with Crippen molar-refractivity contribution in [3.05, 3.63) is 56.8 Å². The van der Waals surface area contributed by atoms with Crippen molar-refractivity contribution in [2.45, 2.75) is 57.3 Å². The molecule has 1 unspecified atom stereocenters. The second-order valence-electron chi connectivity index (χ2n) is 9.85. The number of thiophene rings is 1. The monoisotopic (exact) mass is 560 g/mol. The summed E-state index contributed by atoms with van der Waals surface area (Å²) >= 11 is 7.51. The Kier molecular flexibility index (Phi) is 7.55. The highest BCUT2D eigenvalue weighted by atomic mass is 35.5. The van der Waals surface area contributed by atoms with Crippen molar-refractivity contribution >= 4 is 40.7 Å². The molecule has 0 aromatic carbocycles. The Morgan fingerprint density at radius 2 is 1.92 bits per heavy atom. The van der Waals surface area contributed by atoms with Crippen molar-refractivity contribution in [2.24, 2.45) is 0 Å². The van der Waals surface area contributed by atoms with Gasteiger partial charge in [0.1, 0.15) is 29.7 Å². The Morgan fingerprint density at radius 3 is 2.47 bits per heavy atom. The van der Waals surface area contributed by atoms with E-state index in [1.807, 2.05) is 0 Å². The quantitative estimate of drug-likeness (QED) is 0.429. The van der Waals surface area contributed by atoms with Crippen LogP contribution in [0.2, 0.25) is 4.34 Å². The van der Waals surface area contributed by atoms with E-state index >= 15 is 0 Å². The zero-order valence-corrected chi connectivity index (χ0v) is 22.6. The Balaban J connectivity index is 1.48. The maximum Gasteiger partial charge on any atom is 0.326 e. The molecule has 2 saturated heterocycles. The van der Waals surface area contributed by atoms with E-state index in [0.29, 0.717) is 29.0 Å². The summed E-state index contributed by atoms with van der Waals surface area (Å²) in [6.45, 7) is 6.39. The fourth-order valence-electron chi connectivity index (χ4n) is 4.95. The number of amides is 2. The molecule has 38 heavy (non-hydrogen) atoms. The van der Waals surface area contributed by atoms with Gasteiger partial charge in [0.05, 0.1) is 4.34 Å². The molecule has 0 aliphatic carbocycles. The van der Waals surface area contributed by atoms with Crippen LogP contribution in [0, 0.1) is 0 Å². The first kappa shape index (κ1) is 26.4. The molecule has 5 heterocycles. The van der Waals surface area contributed by atoms with Gasteiger partial charge in [-0.2, -0.15) is 5.10 Å². The molecule has 0 saturated carbocycles. The third kappa shape index (κ3) is 5.20. The van der Waals surface area contributed by atoms with Gasteiger partial charge in [-0.05, 0) is 45.2 Å². The molecule has 5 rings (SSSR count). The number of carboxylic acid groups (broad SMARTS) is 1. The highest BCUT2D eigenvalue weighted by Gasteiger charge is 2.41. The summed E-state index contributed by atoms with van der Waals surface area (Å²) in [6, 6.07) is 5.44. The summed E-state index contributed by atoms with van der Waals surface area (Å²) in [5, 5.41) is 21.2. The lowest BCUT2D eigenvalue weighted by Gasteiger charge is -2.38. The van der Waals surface area contributed by atoms with Crippen LogP contribution < -0.4 is 5.32 Å². The van der Waals surface area contributed by atoms with Gasteiger partial charge in [0, 0.05) is 48.7 Å². The smallest absolute Gasteiger partial charge is 0.326 e. The molecule has 2 amide bonds. The molecule has 0 bridgehead atoms. The van der Waals surface area contributed by atoms with Gasteiger partial charge in [0.2, 0.25) is 0 Å². The first-order valence-electron chi connectivity index (χ1n) is 12.6. The van der Waals surface area contributed by atoms with E-state index in [0.717, 1.165) is 30.8 Å². The molecule has 2 fully saturated rings. The Morgan fingerprint density at radius 1 is 1.16 bits per heavy atom. The van der Waals surface area contributed by atoms with Crippen molar-refractivity contribution < 1.29 is 24.0 Å². The number of piperidine rings is 1. The van der Waals surface area contributed by atoms with Crippen LogP contribution in [0.4, 0.5) is 0 Å². The molecule has 2 aliphatic rings. The number of carbonyl (C=O) groups is 3. The maximum atomic E-state index is 13.6. The van der Waals surface area contributed by atoms with Gasteiger partial charge in [-0.15, -0.1) is 11.3 Å². The van der Waals surface area contributed by atoms with Gasteiger partial charge in [-0.3, -0.25) is 9.59 Å². The van der Waals surface area contributed by atoms with Crippen LogP contribution in [0.3, 0.4) is 0 Å². The number of carbonyl (C=O) groups excluding carboxylic acids is 2. The predicted octanol–water partition coefficient (Wildman–Crippen LogP) is 3.13. The van der Waals surface area contributed by atoms with Crippen LogP contribution in [-0.4, -0.2) is 85.4 Å². The SMILES string of the molecule is CC(C)N1CCC(NC(=O)c2cc(C(=O)N3CCC3C(=O)O)n([C@@H](c3ccon3)c3ccc(Cl)s3)n2)CC1. The van der Waals surface area contributed by atoms with Gasteiger partial charge in [-0.1, -0.05) is 16.8 Å². The van der Waals surface area contributed by atoms with Gasteiger partial charge in [0.15, 0.2) is 5.69 Å². The molecule has 2 aliphatic heterocycles. The van der Waals surface area contributed by atoms with Gasteiger partial charge >= 0.3 is 5.97 Å². The lowest BCUT2D eigenvalue weighted by molar-refractivity contribution is -0.146. The maximum absolute atomic E-state index is 13.6.